The molecule has 0 saturated heterocycles. The van der Waals surface area contributed by atoms with Crippen molar-refractivity contribution in [2.45, 2.75) is 26.7 Å². The quantitative estimate of drug-likeness (QED) is 0.142. The van der Waals surface area contributed by atoms with Crippen molar-refractivity contribution in [3.05, 3.63) is 290 Å². The lowest BCUT2D eigenvalue weighted by atomic mass is 9.48. The summed E-state index contributed by atoms with van der Waals surface area (Å²) in [5.74, 6) is 20.8. The van der Waals surface area contributed by atoms with E-state index in [2.05, 4.69) is 32.0 Å². The molecule has 15 aromatic rings. The number of rotatable bonds is 1. The first kappa shape index (κ1) is 66.5. The van der Waals surface area contributed by atoms with E-state index in [4.69, 9.17) is 84.8 Å². The van der Waals surface area contributed by atoms with Gasteiger partial charge in [0.1, 0.15) is 138 Å². The van der Waals surface area contributed by atoms with Gasteiger partial charge in [0.2, 0.25) is 0 Å². The average molecular weight is 1540 g/mol. The number of hydrogen-bond acceptors (Lipinski definition) is 18. The van der Waals surface area contributed by atoms with Crippen molar-refractivity contribution in [2.24, 2.45) is 0 Å². The summed E-state index contributed by atoms with van der Waals surface area (Å²) in [6.45, 7) is 3.64. The fourth-order valence-corrected chi connectivity index (χ4v) is 17.9. The molecule has 0 unspecified atom stereocenters. The maximum atomic E-state index is 6.76. The van der Waals surface area contributed by atoms with Crippen LogP contribution in [0.1, 0.15) is 30.9 Å². The molecule has 558 valence electrons. The first-order valence-electron chi connectivity index (χ1n) is 39.2. The molecule has 0 spiro atoms. The Balaban J connectivity index is 0.0000000987. The lowest BCUT2D eigenvalue weighted by Gasteiger charge is -2.33. The summed E-state index contributed by atoms with van der Waals surface area (Å²) >= 11 is 0. The molecule has 18 nitrogen and oxygen atoms in total. The van der Waals surface area contributed by atoms with Gasteiger partial charge >= 0.3 is 41.5 Å². The maximum Gasteiger partial charge on any atom is 0.438 e. The average Bonchev–Trinajstić information content (AvgIpc) is 1.25. The van der Waals surface area contributed by atoms with Gasteiger partial charge in [-0.3, -0.25) is 0 Å². The molecule has 0 radical (unpaired) electrons. The molecule has 24 heteroatoms. The van der Waals surface area contributed by atoms with Gasteiger partial charge in [-0.2, -0.15) is 0 Å². The van der Waals surface area contributed by atoms with Gasteiger partial charge in [-0.15, -0.1) is 0 Å². The van der Waals surface area contributed by atoms with Crippen molar-refractivity contribution in [3.63, 3.8) is 0 Å². The molecule has 0 saturated carbocycles. The maximum absolute atomic E-state index is 6.76. The zero-order valence-electron chi connectivity index (χ0n) is 62.9. The Labute approximate surface area is 677 Å². The van der Waals surface area contributed by atoms with Crippen LogP contribution in [0.2, 0.25) is 0 Å². The first-order valence-corrected chi connectivity index (χ1v) is 39.2. The van der Waals surface area contributed by atoms with Gasteiger partial charge in [-0.05, 0) is 158 Å². The van der Waals surface area contributed by atoms with Crippen LogP contribution in [-0.4, -0.2) is 41.5 Å². The van der Waals surface area contributed by atoms with E-state index in [1.807, 2.05) is 268 Å². The topological polar surface area (TPSA) is 166 Å². The minimum Gasteiger partial charge on any atom is -0.549 e. The molecule has 15 aromatic carbocycles. The van der Waals surface area contributed by atoms with E-state index in [0.29, 0.717) is 161 Å². The molecule has 27 rings (SSSR count). The van der Waals surface area contributed by atoms with E-state index in [1.165, 1.54) is 0 Å². The first-order chi connectivity index (χ1) is 58.2. The van der Waals surface area contributed by atoms with Crippen molar-refractivity contribution in [3.8, 4) is 172 Å². The van der Waals surface area contributed by atoms with E-state index >= 15 is 0 Å². The number of benzene rings is 15. The Hall–Kier alpha value is -14.9. The molecule has 12 heterocycles. The Morgan fingerprint density at radius 3 is 0.593 bits per heavy atom. The second-order valence-electron chi connectivity index (χ2n) is 30.4. The second kappa shape index (κ2) is 25.5. The molecule has 0 amide bonds. The van der Waals surface area contributed by atoms with Crippen LogP contribution >= 0.6 is 0 Å². The minimum atomic E-state index is -0.456. The van der Waals surface area contributed by atoms with Crippen LogP contribution < -0.4 is 150 Å². The van der Waals surface area contributed by atoms with Crippen molar-refractivity contribution in [1.29, 1.82) is 0 Å². The summed E-state index contributed by atoms with van der Waals surface area (Å²) in [6, 6.07) is 89.6. The van der Waals surface area contributed by atoms with Gasteiger partial charge in [0.25, 0.3) is 0 Å². The van der Waals surface area contributed by atoms with E-state index < -0.39 is 41.5 Å². The van der Waals surface area contributed by atoms with Crippen LogP contribution in [0.25, 0.3) is 0 Å². The molecule has 0 N–H and O–H groups in total. The number of hydrogen-bond donors (Lipinski definition) is 0. The fraction of sp³-hybridized carbons (Fsp3) is 0.0426. The van der Waals surface area contributed by atoms with Crippen molar-refractivity contribution in [1.82, 2.24) is 0 Å². The molecule has 12 aliphatic heterocycles. The zero-order chi connectivity index (χ0) is 77.7. The standard InChI is InChI=1S/C33H22B2O6.C31H18B2O6.C30H16B2O6/c1-18(2)29-32-19(34-30-25(13-7-15-27(30)38-32)36-21-9-3-5-11-23(21)40-34)17-20-33(29)39-28-16-8-14-26-31(28)35(20)41-24-12-6-4-10-22(24)37-26;1-17-30-18(32-28-24(12-6-14-26(28)36-30)34-20-8-2-4-10-22(20)38-32)16-19-31(17)37-27-15-7-13-25-29(27)33(19)39-23-11-5-3-9-21(23)35-25;1-3-9-21-19(7-1)33-23-11-5-13-25-29(23)31(37-21)17-15-18-28(16-27(17)35-25)36-26-14-6-12-24-30(26)32(18)38-22-10-4-2-8-20(22)34-24/h3-18H,1-2H3;2-16H,1H3;1-16H. The van der Waals surface area contributed by atoms with Crippen molar-refractivity contribution >= 4 is 107 Å². The molecule has 0 aromatic heterocycles. The van der Waals surface area contributed by atoms with Gasteiger partial charge < -0.3 is 84.8 Å². The smallest absolute Gasteiger partial charge is 0.438 e. The number of para-hydroxylation sites is 12. The van der Waals surface area contributed by atoms with Crippen LogP contribution in [0.15, 0.2) is 279 Å². The van der Waals surface area contributed by atoms with Gasteiger partial charge in [0.15, 0.2) is 34.5 Å². The van der Waals surface area contributed by atoms with Crippen molar-refractivity contribution in [2.75, 3.05) is 0 Å². The summed E-state index contributed by atoms with van der Waals surface area (Å²) in [5.41, 5.74) is 12.3. The minimum absolute atomic E-state index is 0.0804. The molecule has 0 bridgehead atoms. The third-order valence-electron chi connectivity index (χ3n) is 23.2. The van der Waals surface area contributed by atoms with Gasteiger partial charge in [-0.25, -0.2) is 0 Å². The zero-order valence-corrected chi connectivity index (χ0v) is 62.9. The summed E-state index contributed by atoms with van der Waals surface area (Å²) < 4.78 is 117. The summed E-state index contributed by atoms with van der Waals surface area (Å²) in [5, 5.41) is 0. The lowest BCUT2D eigenvalue weighted by Crippen LogP contribution is -2.56. The fourth-order valence-electron chi connectivity index (χ4n) is 17.9. The Morgan fingerprint density at radius 2 is 0.356 bits per heavy atom. The van der Waals surface area contributed by atoms with Gasteiger partial charge in [-0.1, -0.05) is 141 Å². The Morgan fingerprint density at radius 1 is 0.178 bits per heavy atom. The Bertz CT molecular complexity index is 6510. The molecule has 0 aliphatic carbocycles. The molecule has 0 fully saturated rings. The third kappa shape index (κ3) is 10.2. The van der Waals surface area contributed by atoms with Crippen LogP contribution in [-0.2, 0) is 0 Å². The largest absolute Gasteiger partial charge is 0.549 e. The van der Waals surface area contributed by atoms with Crippen LogP contribution in [0, 0.1) is 6.92 Å². The Kier molecular flexibility index (Phi) is 14.4. The SMILES string of the molecule is CC(C)c1c2c(cc3c1Oc1cccc4c1B3Oc1ccccc1O4)B1Oc3ccccc3Oc3cccc(c31)O2.Cc1c2c(cc3c1Oc1cccc4c1B3Oc1ccccc1O4)B1Oc3ccccc3Oc3cccc(c31)O2.c1ccc2c(c1)OB1c3cc4c(cc3Oc3cccc(c31)O2)Oc1cccc2c1B4Oc1ccccc1O2. The number of ether oxygens (including phenoxy) is 12. The van der Waals surface area contributed by atoms with Gasteiger partial charge in [0, 0.05) is 50.0 Å². The highest BCUT2D eigenvalue weighted by atomic mass is 16.6. The third-order valence-corrected chi connectivity index (χ3v) is 23.2. The van der Waals surface area contributed by atoms with Crippen LogP contribution in [0.3, 0.4) is 0 Å². The molecule has 118 heavy (non-hydrogen) atoms. The van der Waals surface area contributed by atoms with E-state index in [1.54, 1.807) is 0 Å². The highest BCUT2D eigenvalue weighted by molar-refractivity contribution is 6.89. The highest BCUT2D eigenvalue weighted by Crippen LogP contribution is 2.50. The summed E-state index contributed by atoms with van der Waals surface area (Å²) in [4.78, 5) is 0. The predicted octanol–water partition coefficient (Wildman–Crippen LogP) is 14.9. The molecule has 0 atom stereocenters. The monoisotopic (exact) mass is 1540 g/mol. The van der Waals surface area contributed by atoms with E-state index in [0.717, 1.165) is 88.2 Å². The summed E-state index contributed by atoms with van der Waals surface area (Å²) in [7, 11) is 0. The molecular formula is C94H56B6O18. The highest BCUT2D eigenvalue weighted by Gasteiger charge is 2.52. The van der Waals surface area contributed by atoms with E-state index in [9.17, 15) is 0 Å². The van der Waals surface area contributed by atoms with E-state index in [-0.39, 0.29) is 5.92 Å². The predicted molar refractivity (Wildman–Crippen MR) is 450 cm³/mol. The summed E-state index contributed by atoms with van der Waals surface area (Å²) in [6.07, 6.45) is 0. The lowest BCUT2D eigenvalue weighted by molar-refractivity contribution is 0.442. The second-order valence-corrected chi connectivity index (χ2v) is 30.4. The van der Waals surface area contributed by atoms with Crippen LogP contribution in [0.4, 0.5) is 0 Å². The molecule has 12 aliphatic rings. The number of fused-ring (bicyclic) bond motifs is 18. The van der Waals surface area contributed by atoms with Gasteiger partial charge in [0.05, 0.1) is 32.8 Å². The normalized spacial score (nSPS) is 14.4. The van der Waals surface area contributed by atoms with Crippen molar-refractivity contribution < 1.29 is 84.8 Å². The van der Waals surface area contributed by atoms with Crippen LogP contribution in [0.5, 0.6) is 172 Å². The molecular weight excluding hydrogens is 1480 g/mol.